The molecule has 0 heterocycles. The van der Waals surface area contributed by atoms with E-state index in [2.05, 4.69) is 0 Å². The Morgan fingerprint density at radius 2 is 1.83 bits per heavy atom. The number of methoxy groups -OCH3 is 2. The number of esters is 1. The Morgan fingerprint density at radius 3 is 2.48 bits per heavy atom. The molecule has 5 heteroatoms. The first-order chi connectivity index (χ1) is 11.1. The van der Waals surface area contributed by atoms with Gasteiger partial charge in [0.05, 0.1) is 14.2 Å². The van der Waals surface area contributed by atoms with Gasteiger partial charge < -0.3 is 14.2 Å². The van der Waals surface area contributed by atoms with E-state index in [0.717, 1.165) is 11.1 Å². The fourth-order valence-electron chi connectivity index (χ4n) is 1.90. The van der Waals surface area contributed by atoms with Gasteiger partial charge in [-0.15, -0.1) is 0 Å². The van der Waals surface area contributed by atoms with Gasteiger partial charge in [0.25, 0.3) is 0 Å². The smallest absolute Gasteiger partial charge is 0.331 e. The molecule has 2 aromatic carbocycles. The predicted molar refractivity (Wildman–Crippen MR) is 89.8 cm³/mol. The molecule has 0 saturated carbocycles. The molecule has 0 radical (unpaired) electrons. The van der Waals surface area contributed by atoms with Gasteiger partial charge in [0, 0.05) is 22.7 Å². The fraction of sp³-hybridized carbons (Fsp3) is 0.167. The summed E-state index contributed by atoms with van der Waals surface area (Å²) < 4.78 is 15.6. The summed E-state index contributed by atoms with van der Waals surface area (Å²) in [4.78, 5) is 11.8. The van der Waals surface area contributed by atoms with Crippen molar-refractivity contribution < 1.29 is 19.0 Å². The molecular weight excluding hydrogens is 316 g/mol. The Hall–Kier alpha value is -2.46. The van der Waals surface area contributed by atoms with Gasteiger partial charge in [-0.1, -0.05) is 23.7 Å². The van der Waals surface area contributed by atoms with E-state index in [-0.39, 0.29) is 6.61 Å². The van der Waals surface area contributed by atoms with Crippen molar-refractivity contribution in [2.24, 2.45) is 0 Å². The van der Waals surface area contributed by atoms with Gasteiger partial charge in [-0.05, 0) is 35.9 Å². The molecule has 0 amide bonds. The third kappa shape index (κ3) is 5.04. The second kappa shape index (κ2) is 8.25. The van der Waals surface area contributed by atoms with Crippen LogP contribution in [-0.4, -0.2) is 20.2 Å². The van der Waals surface area contributed by atoms with Crippen molar-refractivity contribution in [3.05, 3.63) is 64.7 Å². The Bertz CT molecular complexity index is 693. The van der Waals surface area contributed by atoms with Crippen molar-refractivity contribution in [3.8, 4) is 11.5 Å². The Kier molecular flexibility index (Phi) is 6.06. The normalized spacial score (nSPS) is 10.6. The van der Waals surface area contributed by atoms with Gasteiger partial charge in [0.1, 0.15) is 18.1 Å². The van der Waals surface area contributed by atoms with E-state index in [9.17, 15) is 4.79 Å². The van der Waals surface area contributed by atoms with Crippen LogP contribution in [0.3, 0.4) is 0 Å². The molecule has 0 unspecified atom stereocenters. The molecule has 0 fully saturated rings. The van der Waals surface area contributed by atoms with Crippen LogP contribution in [0, 0.1) is 0 Å². The fourth-order valence-corrected chi connectivity index (χ4v) is 2.02. The monoisotopic (exact) mass is 332 g/mol. The van der Waals surface area contributed by atoms with E-state index in [4.69, 9.17) is 25.8 Å². The zero-order chi connectivity index (χ0) is 16.7. The summed E-state index contributed by atoms with van der Waals surface area (Å²) in [7, 11) is 3.14. The van der Waals surface area contributed by atoms with Gasteiger partial charge in [0.2, 0.25) is 0 Å². The second-order valence-corrected chi connectivity index (χ2v) is 5.11. The number of ether oxygens (including phenoxy) is 3. The summed E-state index contributed by atoms with van der Waals surface area (Å²) in [5.74, 6) is 0.869. The molecule has 0 spiro atoms. The minimum atomic E-state index is -0.433. The molecule has 0 aliphatic carbocycles. The summed E-state index contributed by atoms with van der Waals surface area (Å²) in [6, 6.07) is 12.5. The van der Waals surface area contributed by atoms with E-state index in [0.29, 0.717) is 16.5 Å². The number of halogens is 1. The summed E-state index contributed by atoms with van der Waals surface area (Å²) >= 11 is 5.80. The van der Waals surface area contributed by atoms with Gasteiger partial charge in [-0.2, -0.15) is 0 Å². The SMILES string of the molecule is COc1ccc(C=CC(=O)OCc2ccc(Cl)cc2)c(OC)c1. The zero-order valence-electron chi connectivity index (χ0n) is 12.9. The lowest BCUT2D eigenvalue weighted by Crippen LogP contribution is -2.00. The quantitative estimate of drug-likeness (QED) is 0.590. The third-order valence-corrected chi connectivity index (χ3v) is 3.39. The molecule has 2 aromatic rings. The van der Waals surface area contributed by atoms with Gasteiger partial charge >= 0.3 is 5.97 Å². The van der Waals surface area contributed by atoms with Crippen molar-refractivity contribution >= 4 is 23.6 Å². The first-order valence-electron chi connectivity index (χ1n) is 6.93. The van der Waals surface area contributed by atoms with Crippen LogP contribution in [0.2, 0.25) is 5.02 Å². The standard InChI is InChI=1S/C18H17ClO4/c1-21-16-9-5-14(17(11-16)22-2)6-10-18(20)23-12-13-3-7-15(19)8-4-13/h3-11H,12H2,1-2H3. The lowest BCUT2D eigenvalue weighted by molar-refractivity contribution is -0.138. The predicted octanol–water partition coefficient (Wildman–Crippen LogP) is 4.11. The molecule has 23 heavy (non-hydrogen) atoms. The third-order valence-electron chi connectivity index (χ3n) is 3.13. The first-order valence-corrected chi connectivity index (χ1v) is 7.31. The molecular formula is C18H17ClO4. The summed E-state index contributed by atoms with van der Waals surface area (Å²) in [5, 5.41) is 0.645. The highest BCUT2D eigenvalue weighted by molar-refractivity contribution is 6.30. The molecule has 0 N–H and O–H groups in total. The van der Waals surface area contributed by atoms with Gasteiger partial charge in [-0.3, -0.25) is 0 Å². The molecule has 0 aliphatic heterocycles. The largest absolute Gasteiger partial charge is 0.497 e. The van der Waals surface area contributed by atoms with E-state index in [1.54, 1.807) is 50.6 Å². The molecule has 2 rings (SSSR count). The number of carbonyl (C=O) groups excluding carboxylic acids is 1. The number of hydrogen-bond acceptors (Lipinski definition) is 4. The van der Waals surface area contributed by atoms with Crippen LogP contribution in [0.15, 0.2) is 48.5 Å². The number of benzene rings is 2. The lowest BCUT2D eigenvalue weighted by Gasteiger charge is -2.07. The minimum absolute atomic E-state index is 0.195. The second-order valence-electron chi connectivity index (χ2n) is 4.68. The summed E-state index contributed by atoms with van der Waals surface area (Å²) in [6.07, 6.45) is 3.00. The van der Waals surface area contributed by atoms with Crippen LogP contribution in [-0.2, 0) is 16.1 Å². The Morgan fingerprint density at radius 1 is 1.09 bits per heavy atom. The highest BCUT2D eigenvalue weighted by Gasteiger charge is 2.04. The lowest BCUT2D eigenvalue weighted by atomic mass is 10.1. The molecule has 0 aliphatic rings. The van der Waals surface area contributed by atoms with E-state index < -0.39 is 5.97 Å². The van der Waals surface area contributed by atoms with Crippen LogP contribution in [0.5, 0.6) is 11.5 Å². The number of rotatable bonds is 6. The van der Waals surface area contributed by atoms with E-state index in [1.165, 1.54) is 6.08 Å². The van der Waals surface area contributed by atoms with Gasteiger partial charge in [0.15, 0.2) is 0 Å². The number of carbonyl (C=O) groups is 1. The van der Waals surface area contributed by atoms with Gasteiger partial charge in [-0.25, -0.2) is 4.79 Å². The van der Waals surface area contributed by atoms with Crippen LogP contribution in [0.1, 0.15) is 11.1 Å². The van der Waals surface area contributed by atoms with Crippen LogP contribution in [0.4, 0.5) is 0 Å². The minimum Gasteiger partial charge on any atom is -0.497 e. The highest BCUT2D eigenvalue weighted by Crippen LogP contribution is 2.25. The summed E-state index contributed by atoms with van der Waals surface area (Å²) in [5.41, 5.74) is 1.63. The van der Waals surface area contributed by atoms with Crippen molar-refractivity contribution in [2.45, 2.75) is 6.61 Å². The zero-order valence-corrected chi connectivity index (χ0v) is 13.7. The molecule has 0 aromatic heterocycles. The Labute approximate surface area is 140 Å². The van der Waals surface area contributed by atoms with Crippen molar-refractivity contribution in [1.29, 1.82) is 0 Å². The first kappa shape index (κ1) is 16.9. The molecule has 0 bridgehead atoms. The van der Waals surface area contributed by atoms with E-state index >= 15 is 0 Å². The highest BCUT2D eigenvalue weighted by atomic mass is 35.5. The topological polar surface area (TPSA) is 44.8 Å². The molecule has 120 valence electrons. The molecule has 4 nitrogen and oxygen atoms in total. The maximum atomic E-state index is 11.8. The summed E-state index contributed by atoms with van der Waals surface area (Å²) in [6.45, 7) is 0.195. The molecule has 0 atom stereocenters. The van der Waals surface area contributed by atoms with Crippen LogP contribution >= 0.6 is 11.6 Å². The van der Waals surface area contributed by atoms with E-state index in [1.807, 2.05) is 12.1 Å². The maximum absolute atomic E-state index is 11.8. The van der Waals surface area contributed by atoms with Crippen molar-refractivity contribution in [2.75, 3.05) is 14.2 Å². The maximum Gasteiger partial charge on any atom is 0.331 e. The Balaban J connectivity index is 1.96. The average molecular weight is 333 g/mol. The van der Waals surface area contributed by atoms with Crippen molar-refractivity contribution in [3.63, 3.8) is 0 Å². The molecule has 0 saturated heterocycles. The van der Waals surface area contributed by atoms with Crippen LogP contribution in [0.25, 0.3) is 6.08 Å². The van der Waals surface area contributed by atoms with Crippen molar-refractivity contribution in [1.82, 2.24) is 0 Å². The van der Waals surface area contributed by atoms with Crippen LogP contribution < -0.4 is 9.47 Å². The average Bonchev–Trinajstić information content (AvgIpc) is 2.59. The number of hydrogen-bond donors (Lipinski definition) is 0.